The SMILES string of the molecule is CC1=NNC(=O)C1=P(c1ccccc1)(c1ccccc1)c1ccccc1. The number of nitrogens with zero attached hydrogens (tertiary/aromatic N) is 1. The molecule has 1 aliphatic rings. The van der Waals surface area contributed by atoms with Crippen LogP contribution in [0.3, 0.4) is 0 Å². The van der Waals surface area contributed by atoms with Crippen molar-refractivity contribution < 1.29 is 4.79 Å². The summed E-state index contributed by atoms with van der Waals surface area (Å²) >= 11 is 0. The largest absolute Gasteiger partial charge is 0.274 e. The molecule has 3 aromatic rings. The average molecular weight is 358 g/mol. The maximum absolute atomic E-state index is 12.9. The van der Waals surface area contributed by atoms with Gasteiger partial charge in [0.05, 0.1) is 11.0 Å². The van der Waals surface area contributed by atoms with Crippen molar-refractivity contribution in [1.29, 1.82) is 0 Å². The van der Waals surface area contributed by atoms with Gasteiger partial charge in [-0.2, -0.15) is 5.10 Å². The minimum absolute atomic E-state index is 0.104. The van der Waals surface area contributed by atoms with Crippen LogP contribution < -0.4 is 21.3 Å². The Hall–Kier alpha value is -2.90. The van der Waals surface area contributed by atoms with Gasteiger partial charge in [-0.25, -0.2) is 5.43 Å². The summed E-state index contributed by atoms with van der Waals surface area (Å²) in [5.41, 5.74) is 3.44. The third-order valence-electron chi connectivity index (χ3n) is 4.65. The van der Waals surface area contributed by atoms with Crippen LogP contribution in [-0.2, 0) is 4.79 Å². The molecule has 0 spiro atoms. The van der Waals surface area contributed by atoms with E-state index in [0.29, 0.717) is 0 Å². The number of rotatable bonds is 3. The van der Waals surface area contributed by atoms with E-state index in [9.17, 15) is 4.79 Å². The Bertz CT molecular complexity index is 922. The summed E-state index contributed by atoms with van der Waals surface area (Å²) in [6.45, 7) is -0.426. The fourth-order valence-electron chi connectivity index (χ4n) is 3.59. The van der Waals surface area contributed by atoms with Crippen molar-refractivity contribution in [3.8, 4) is 0 Å². The summed E-state index contributed by atoms with van der Waals surface area (Å²) in [6, 6.07) is 31.0. The van der Waals surface area contributed by atoms with Gasteiger partial charge in [0, 0.05) is 0 Å². The smallest absolute Gasteiger partial charge is 0.267 e. The van der Waals surface area contributed by atoms with Crippen LogP contribution >= 0.6 is 6.89 Å². The second-order valence-electron chi connectivity index (χ2n) is 6.16. The molecule has 4 heteroatoms. The summed E-state index contributed by atoms with van der Waals surface area (Å²) in [5.74, 6) is -0.104. The summed E-state index contributed by atoms with van der Waals surface area (Å²) in [6.07, 6.45) is 0. The quantitative estimate of drug-likeness (QED) is 0.719. The van der Waals surface area contributed by atoms with E-state index in [4.69, 9.17) is 0 Å². The maximum Gasteiger partial charge on any atom is 0.274 e. The predicted octanol–water partition coefficient (Wildman–Crippen LogP) is 2.66. The first kappa shape index (κ1) is 16.6. The van der Waals surface area contributed by atoms with Gasteiger partial charge >= 0.3 is 0 Å². The number of benzene rings is 3. The lowest BCUT2D eigenvalue weighted by molar-refractivity contribution is -0.114. The Morgan fingerprint density at radius 3 is 1.38 bits per heavy atom. The Balaban J connectivity index is 2.26. The minimum atomic E-state index is -2.34. The van der Waals surface area contributed by atoms with Crippen LogP contribution in [0.2, 0.25) is 0 Å². The number of nitrogens with one attached hydrogen (secondary N) is 1. The molecular formula is C22H19N2OP. The highest BCUT2D eigenvalue weighted by molar-refractivity contribution is 7.97. The van der Waals surface area contributed by atoms with Crippen molar-refractivity contribution in [1.82, 2.24) is 5.43 Å². The molecule has 3 nitrogen and oxygen atoms in total. The summed E-state index contributed by atoms with van der Waals surface area (Å²) < 4.78 is 0. The van der Waals surface area contributed by atoms with E-state index in [0.717, 1.165) is 26.9 Å². The zero-order valence-electron chi connectivity index (χ0n) is 14.5. The summed E-state index contributed by atoms with van der Waals surface area (Å²) in [4.78, 5) is 12.9. The molecule has 0 saturated carbocycles. The number of hydrogen-bond donors (Lipinski definition) is 1. The minimum Gasteiger partial charge on any atom is -0.267 e. The first-order chi connectivity index (χ1) is 12.7. The van der Waals surface area contributed by atoms with Crippen LogP contribution in [0.5, 0.6) is 0 Å². The fourth-order valence-corrected chi connectivity index (χ4v) is 8.01. The molecule has 0 saturated heterocycles. The van der Waals surface area contributed by atoms with Crippen LogP contribution in [0, 0.1) is 0 Å². The Labute approximate surface area is 153 Å². The van der Waals surface area contributed by atoms with E-state index in [1.54, 1.807) is 0 Å². The molecular weight excluding hydrogens is 339 g/mol. The Morgan fingerprint density at radius 1 is 0.692 bits per heavy atom. The normalized spacial score (nSPS) is 14.1. The van der Waals surface area contributed by atoms with Gasteiger partial charge in [-0.3, -0.25) is 4.79 Å². The van der Waals surface area contributed by atoms with Crippen molar-refractivity contribution in [3.63, 3.8) is 0 Å². The average Bonchev–Trinajstić information content (AvgIpc) is 3.04. The number of amides is 1. The standard InChI is InChI=1S/C22H19N2OP/c1-17-21(22(25)24-23-17)26(18-11-5-2-6-12-18,19-13-7-3-8-14-19)20-15-9-4-10-16-20/h2-16H,1H3,(H,24,25). The second kappa shape index (κ2) is 6.78. The van der Waals surface area contributed by atoms with E-state index < -0.39 is 6.89 Å². The van der Waals surface area contributed by atoms with Crippen LogP contribution in [0.25, 0.3) is 0 Å². The zero-order chi connectivity index (χ0) is 18.0. The molecule has 0 unspecified atom stereocenters. The predicted molar refractivity (Wildman–Crippen MR) is 111 cm³/mol. The fraction of sp³-hybridized carbons (Fsp3) is 0.0455. The molecule has 26 heavy (non-hydrogen) atoms. The lowest BCUT2D eigenvalue weighted by atomic mass is 10.3. The van der Waals surface area contributed by atoms with Gasteiger partial charge in [-0.15, -0.1) is 0 Å². The van der Waals surface area contributed by atoms with E-state index in [-0.39, 0.29) is 5.91 Å². The van der Waals surface area contributed by atoms with E-state index in [1.165, 1.54) is 0 Å². The van der Waals surface area contributed by atoms with Crippen LogP contribution in [0.15, 0.2) is 96.1 Å². The highest BCUT2D eigenvalue weighted by atomic mass is 31.2. The molecule has 1 aliphatic heterocycles. The van der Waals surface area contributed by atoms with Gasteiger partial charge in [0.15, 0.2) is 0 Å². The van der Waals surface area contributed by atoms with Crippen LogP contribution in [0.4, 0.5) is 0 Å². The van der Waals surface area contributed by atoms with Crippen molar-refractivity contribution in [2.45, 2.75) is 6.92 Å². The number of carbonyl (C=O) groups excluding carboxylic acids is 1. The molecule has 3 aromatic carbocycles. The van der Waals surface area contributed by atoms with Gasteiger partial charge in [0.2, 0.25) is 0 Å². The molecule has 0 aliphatic carbocycles. The van der Waals surface area contributed by atoms with Gasteiger partial charge in [-0.05, 0) is 29.7 Å². The van der Waals surface area contributed by atoms with Crippen molar-refractivity contribution >= 4 is 39.7 Å². The maximum atomic E-state index is 12.9. The number of hydrazone groups is 1. The lowest BCUT2D eigenvalue weighted by Gasteiger charge is -2.30. The monoisotopic (exact) mass is 358 g/mol. The third-order valence-corrected chi connectivity index (χ3v) is 9.06. The van der Waals surface area contributed by atoms with Crippen molar-refractivity contribution in [2.24, 2.45) is 5.10 Å². The first-order valence-electron chi connectivity index (χ1n) is 8.53. The van der Waals surface area contributed by atoms with E-state index >= 15 is 0 Å². The number of carbonyl (C=O) groups is 1. The highest BCUT2D eigenvalue weighted by Crippen LogP contribution is 2.46. The molecule has 0 bridgehead atoms. The molecule has 0 aromatic heterocycles. The molecule has 128 valence electrons. The lowest BCUT2D eigenvalue weighted by Crippen LogP contribution is -2.36. The molecule has 1 amide bonds. The van der Waals surface area contributed by atoms with E-state index in [1.807, 2.05) is 61.5 Å². The van der Waals surface area contributed by atoms with Gasteiger partial charge in [0.25, 0.3) is 5.91 Å². The number of hydrogen-bond acceptors (Lipinski definition) is 2. The Morgan fingerprint density at radius 2 is 1.08 bits per heavy atom. The van der Waals surface area contributed by atoms with Gasteiger partial charge in [0.1, 0.15) is 0 Å². The third kappa shape index (κ3) is 2.53. The Kier molecular flexibility index (Phi) is 4.32. The van der Waals surface area contributed by atoms with E-state index in [2.05, 4.69) is 46.9 Å². The molecule has 0 fully saturated rings. The molecule has 4 rings (SSSR count). The van der Waals surface area contributed by atoms with Gasteiger partial charge < -0.3 is 0 Å². The molecule has 1 N–H and O–H groups in total. The van der Waals surface area contributed by atoms with Crippen LogP contribution in [0.1, 0.15) is 6.92 Å². The second-order valence-corrected chi connectivity index (χ2v) is 9.50. The van der Waals surface area contributed by atoms with Crippen molar-refractivity contribution in [2.75, 3.05) is 0 Å². The highest BCUT2D eigenvalue weighted by Gasteiger charge is 2.36. The van der Waals surface area contributed by atoms with Crippen molar-refractivity contribution in [3.05, 3.63) is 91.0 Å². The molecule has 0 radical (unpaired) electrons. The van der Waals surface area contributed by atoms with Crippen LogP contribution in [-0.4, -0.2) is 16.9 Å². The molecule has 1 heterocycles. The summed E-state index contributed by atoms with van der Waals surface area (Å²) in [7, 11) is 0. The zero-order valence-corrected chi connectivity index (χ0v) is 15.4. The van der Waals surface area contributed by atoms with Gasteiger partial charge in [-0.1, -0.05) is 91.0 Å². The molecule has 0 atom stereocenters. The first-order valence-corrected chi connectivity index (χ1v) is 10.3. The topological polar surface area (TPSA) is 41.5 Å². The summed E-state index contributed by atoms with van der Waals surface area (Å²) in [5, 5.41) is 8.48.